The van der Waals surface area contributed by atoms with Gasteiger partial charge in [0.05, 0.1) is 22.6 Å². The van der Waals surface area contributed by atoms with E-state index in [0.717, 1.165) is 0 Å². The van der Waals surface area contributed by atoms with Crippen LogP contribution < -0.4 is 17.7 Å². The second-order valence-electron chi connectivity index (χ2n) is 13.3. The van der Waals surface area contributed by atoms with Crippen molar-refractivity contribution >= 4 is 30.8 Å². The van der Waals surface area contributed by atoms with Gasteiger partial charge in [-0.15, -0.1) is 17.7 Å². The predicted octanol–water partition coefficient (Wildman–Crippen LogP) is 10.6. The number of benzene rings is 7. The summed E-state index contributed by atoms with van der Waals surface area (Å²) < 4.78 is 280. The standard InChI is InChI=1S/C19H15.4C6F5.Al/c1-4-10-16(11-5-1)19(17-12-6-2-7-13-17)18-14-8-3-9-15-18;4*7-2-1-3(8)5(10)6(11)4(2)9;/h1-15H;;;;;/q+1;;;;;-1. The highest BCUT2D eigenvalue weighted by Crippen LogP contribution is 2.32. The molecule has 7 aromatic carbocycles. The summed E-state index contributed by atoms with van der Waals surface area (Å²) in [6.45, 7) is 0. The molecular weight excluding hydrogens is 923 g/mol. The monoisotopic (exact) mass is 938 g/mol. The molecule has 7 rings (SSSR count). The quantitative estimate of drug-likeness (QED) is 0.0373. The average molecular weight is 939 g/mol. The van der Waals surface area contributed by atoms with E-state index in [0.29, 0.717) is 0 Å². The van der Waals surface area contributed by atoms with Crippen molar-refractivity contribution < 1.29 is 87.8 Å². The van der Waals surface area contributed by atoms with Gasteiger partial charge in [0.2, 0.25) is 0 Å². The van der Waals surface area contributed by atoms with Gasteiger partial charge in [0, 0.05) is 0 Å². The van der Waals surface area contributed by atoms with Crippen LogP contribution in [0.15, 0.2) is 91.0 Å². The second kappa shape index (κ2) is 18.0. The highest BCUT2D eigenvalue weighted by molar-refractivity contribution is 7.20. The van der Waals surface area contributed by atoms with Gasteiger partial charge in [-0.2, -0.15) is 0 Å². The van der Waals surface area contributed by atoms with E-state index in [2.05, 4.69) is 91.0 Å². The van der Waals surface area contributed by atoms with Crippen LogP contribution in [0.1, 0.15) is 16.7 Å². The van der Waals surface area contributed by atoms with Crippen molar-refractivity contribution in [1.29, 1.82) is 0 Å². The maximum absolute atomic E-state index is 15.4. The Morgan fingerprint density at radius 2 is 0.344 bits per heavy atom. The van der Waals surface area contributed by atoms with Gasteiger partial charge >= 0.3 is 13.1 Å². The molecule has 0 radical (unpaired) electrons. The first-order valence-corrected chi connectivity index (χ1v) is 19.7. The molecule has 0 fully saturated rings. The molecule has 0 N–H and O–H groups in total. The maximum Gasteiger partial charge on any atom is 0.300 e. The minimum atomic E-state index is -9.08. The van der Waals surface area contributed by atoms with E-state index in [4.69, 9.17) is 0 Å². The van der Waals surface area contributed by atoms with Crippen LogP contribution in [0.4, 0.5) is 87.8 Å². The molecule has 7 aromatic rings. The molecule has 0 spiro atoms. The van der Waals surface area contributed by atoms with Crippen LogP contribution in [0.25, 0.3) is 0 Å². The minimum Gasteiger partial charge on any atom is -0.208 e. The zero-order valence-electron chi connectivity index (χ0n) is 30.8. The smallest absolute Gasteiger partial charge is 0.208 e. The van der Waals surface area contributed by atoms with Crippen molar-refractivity contribution in [2.24, 2.45) is 0 Å². The third-order valence-corrected chi connectivity index (χ3v) is 15.4. The summed E-state index contributed by atoms with van der Waals surface area (Å²) in [5.74, 6) is -69.5. The average Bonchev–Trinajstić information content (AvgIpc) is 3.30. The first-order chi connectivity index (χ1) is 30.2. The van der Waals surface area contributed by atoms with Crippen molar-refractivity contribution in [2.75, 3.05) is 0 Å². The van der Waals surface area contributed by atoms with Crippen LogP contribution in [0.5, 0.6) is 0 Å². The molecule has 0 amide bonds. The van der Waals surface area contributed by atoms with Crippen molar-refractivity contribution in [1.82, 2.24) is 0 Å². The summed E-state index contributed by atoms with van der Waals surface area (Å²) in [5, 5.41) is 0. The van der Waals surface area contributed by atoms with E-state index in [-0.39, 0.29) is 0 Å². The van der Waals surface area contributed by atoms with Gasteiger partial charge in [0.25, 0.3) is 0 Å². The Labute approximate surface area is 347 Å². The fourth-order valence-electron chi connectivity index (χ4n) is 7.19. The molecule has 64 heavy (non-hydrogen) atoms. The third kappa shape index (κ3) is 7.39. The SMILES string of the molecule is Fc1c(F)c(F)[c]([Al-]([c]2c(F)c(F)c(F)c(F)c2F)([c]2c(F)c(F)c(F)c(F)c2F)[c]2c(F)c(F)c(F)c(F)c2F)c(F)c1F.c1ccc([C+](c2ccccc2)c2ccccc2)cc1. The molecule has 330 valence electrons. The Kier molecular flexibility index (Phi) is 13.2. The van der Waals surface area contributed by atoms with Gasteiger partial charge in [-0.05, 0) is 72.8 Å². The molecule has 0 aromatic heterocycles. The molecule has 0 heterocycles. The summed E-state index contributed by atoms with van der Waals surface area (Å²) in [4.78, 5) is 0. The summed E-state index contributed by atoms with van der Waals surface area (Å²) in [7, 11) is 0. The Bertz CT molecular complexity index is 2450. The summed E-state index contributed by atoms with van der Waals surface area (Å²) in [6, 6.07) is 31.6. The molecule has 0 aliphatic heterocycles. The number of halogens is 20. The first-order valence-electron chi connectivity index (χ1n) is 17.4. The van der Waals surface area contributed by atoms with Gasteiger partial charge in [-0.3, -0.25) is 0 Å². The maximum atomic E-state index is 15.4. The molecule has 0 aliphatic rings. The lowest BCUT2D eigenvalue weighted by Crippen LogP contribution is -2.81. The lowest BCUT2D eigenvalue weighted by Gasteiger charge is -2.42. The second-order valence-corrected chi connectivity index (χ2v) is 17.3. The zero-order chi connectivity index (χ0) is 47.3. The third-order valence-electron chi connectivity index (χ3n) is 9.89. The van der Waals surface area contributed by atoms with E-state index < -0.39 is 147 Å². The van der Waals surface area contributed by atoms with Crippen LogP contribution in [0, 0.1) is 122 Å². The molecule has 21 heteroatoms. The van der Waals surface area contributed by atoms with E-state index in [1.807, 2.05) is 0 Å². The Morgan fingerprint density at radius 3 is 0.500 bits per heavy atom. The lowest BCUT2D eigenvalue weighted by molar-refractivity contribution is 0.378. The molecule has 0 aliphatic carbocycles. The van der Waals surface area contributed by atoms with Crippen LogP contribution >= 0.6 is 0 Å². The zero-order valence-corrected chi connectivity index (χ0v) is 32.0. The predicted molar refractivity (Wildman–Crippen MR) is 189 cm³/mol. The van der Waals surface area contributed by atoms with Crippen molar-refractivity contribution in [3.05, 3.63) is 230 Å². The van der Waals surface area contributed by atoms with Gasteiger partial charge in [0.15, 0.2) is 69.8 Å². The summed E-state index contributed by atoms with van der Waals surface area (Å²) in [5.41, 5.74) is 3.75. The largest absolute Gasteiger partial charge is 0.300 e. The lowest BCUT2D eigenvalue weighted by atomic mass is 9.85. The first kappa shape index (κ1) is 47.0. The van der Waals surface area contributed by atoms with Gasteiger partial charge in [-0.1, -0.05) is 18.2 Å². The van der Waals surface area contributed by atoms with E-state index >= 15 is 35.1 Å². The van der Waals surface area contributed by atoms with Crippen LogP contribution in [0.3, 0.4) is 0 Å². The van der Waals surface area contributed by atoms with Crippen molar-refractivity contribution in [3.8, 4) is 0 Å². The molecular formula is C43H15AlF20. The molecule has 0 unspecified atom stereocenters. The van der Waals surface area contributed by atoms with Crippen LogP contribution in [-0.4, -0.2) is 13.1 Å². The van der Waals surface area contributed by atoms with E-state index in [1.165, 1.54) is 22.6 Å². The molecule has 0 bridgehead atoms. The Hall–Kier alpha value is -6.46. The van der Waals surface area contributed by atoms with Crippen LogP contribution in [0.2, 0.25) is 0 Å². The van der Waals surface area contributed by atoms with Gasteiger partial charge < -0.3 is 0 Å². The molecule has 0 nitrogen and oxygen atoms in total. The summed E-state index contributed by atoms with van der Waals surface area (Å²) in [6.07, 6.45) is 0. The van der Waals surface area contributed by atoms with Gasteiger partial charge in [0.1, 0.15) is 46.5 Å². The summed E-state index contributed by atoms with van der Waals surface area (Å²) >= 11 is -9.08. The molecule has 0 atom stereocenters. The number of hydrogen-bond donors (Lipinski definition) is 0. The highest BCUT2D eigenvalue weighted by atomic mass is 27.2. The Balaban J connectivity index is 0.000000295. The van der Waals surface area contributed by atoms with Gasteiger partial charge in [-0.25, -0.2) is 87.8 Å². The van der Waals surface area contributed by atoms with Crippen molar-refractivity contribution in [2.45, 2.75) is 0 Å². The minimum absolute atomic E-state index is 1.25. The van der Waals surface area contributed by atoms with E-state index in [9.17, 15) is 52.7 Å². The number of hydrogen-bond acceptors (Lipinski definition) is 0. The molecule has 0 saturated heterocycles. The fraction of sp³-hybridized carbons (Fsp3) is 0. The van der Waals surface area contributed by atoms with Crippen molar-refractivity contribution in [3.63, 3.8) is 0 Å². The number of rotatable bonds is 7. The molecule has 0 saturated carbocycles. The van der Waals surface area contributed by atoms with Crippen LogP contribution in [-0.2, 0) is 0 Å². The van der Waals surface area contributed by atoms with E-state index in [1.54, 1.807) is 0 Å². The fourth-order valence-corrected chi connectivity index (χ4v) is 13.0. The normalized spacial score (nSPS) is 11.4. The highest BCUT2D eigenvalue weighted by Gasteiger charge is 2.55. The topological polar surface area (TPSA) is 0 Å². The Morgan fingerprint density at radius 1 is 0.203 bits per heavy atom.